The zero-order chi connectivity index (χ0) is 23.8. The lowest BCUT2D eigenvalue weighted by molar-refractivity contribution is 0.414. The maximum atomic E-state index is 13.8. The molecular weight excluding hydrogens is 466 g/mol. The van der Waals surface area contributed by atoms with Gasteiger partial charge in [-0.3, -0.25) is 9.36 Å². The number of hydrogen-bond acceptors (Lipinski definition) is 8. The van der Waals surface area contributed by atoms with Crippen molar-refractivity contribution in [1.29, 1.82) is 0 Å². The van der Waals surface area contributed by atoms with Crippen LogP contribution < -0.4 is 16.0 Å². The normalized spacial score (nSPS) is 11.4. The number of ether oxygens (including phenoxy) is 1. The number of fused-ring (bicyclic) bond motifs is 2. The van der Waals surface area contributed by atoms with Crippen molar-refractivity contribution in [2.24, 2.45) is 0 Å². The van der Waals surface area contributed by atoms with Crippen LogP contribution in [-0.2, 0) is 12.2 Å². The minimum absolute atomic E-state index is 0.0897. The van der Waals surface area contributed by atoms with Crippen LogP contribution in [0.1, 0.15) is 23.2 Å². The van der Waals surface area contributed by atoms with Gasteiger partial charge in [0.2, 0.25) is 0 Å². The van der Waals surface area contributed by atoms with Crippen molar-refractivity contribution >= 4 is 50.0 Å². The highest BCUT2D eigenvalue weighted by Gasteiger charge is 2.19. The Balaban J connectivity index is 1.64. The molecule has 5 aromatic rings. The molecule has 0 aliphatic heterocycles. The Morgan fingerprint density at radius 3 is 2.74 bits per heavy atom. The molecule has 0 atom stereocenters. The molecule has 0 bridgehead atoms. The van der Waals surface area contributed by atoms with Crippen molar-refractivity contribution in [2.75, 3.05) is 12.8 Å². The van der Waals surface area contributed by atoms with Gasteiger partial charge in [0, 0.05) is 16.3 Å². The number of aromatic nitrogens is 4. The highest BCUT2D eigenvalue weighted by molar-refractivity contribution is 7.98. The van der Waals surface area contributed by atoms with E-state index in [2.05, 4.69) is 16.9 Å². The first-order valence-corrected chi connectivity index (χ1v) is 12.6. The van der Waals surface area contributed by atoms with E-state index in [1.165, 1.54) is 16.6 Å². The number of nitrogens with two attached hydrogens (primary N) is 1. The molecule has 0 spiro atoms. The maximum absolute atomic E-state index is 13.8. The molecule has 9 heteroatoms. The standard InChI is InChI=1S/C25H23N5O2S2/c1-4-19-14(2)21-23(34-19)29-25(30(24(21)31)15-8-7-9-16(12-15)32-3)33-13-20-27-18-11-6-5-10-17(18)22(26)28-20/h5-12H,4,13H2,1-3H3,(H2,26,27,28). The number of methoxy groups -OCH3 is 1. The number of hydrogen-bond donors (Lipinski definition) is 1. The monoisotopic (exact) mass is 489 g/mol. The number of benzene rings is 2. The Kier molecular flexibility index (Phi) is 5.97. The van der Waals surface area contributed by atoms with Crippen LogP contribution in [-0.4, -0.2) is 26.6 Å². The predicted molar refractivity (Wildman–Crippen MR) is 139 cm³/mol. The molecule has 0 amide bonds. The number of rotatable bonds is 6. The third-order valence-electron chi connectivity index (χ3n) is 5.67. The summed E-state index contributed by atoms with van der Waals surface area (Å²) in [4.78, 5) is 29.7. The van der Waals surface area contributed by atoms with Crippen LogP contribution in [0.4, 0.5) is 5.82 Å². The van der Waals surface area contributed by atoms with E-state index >= 15 is 0 Å². The van der Waals surface area contributed by atoms with Gasteiger partial charge in [0.15, 0.2) is 5.16 Å². The highest BCUT2D eigenvalue weighted by Crippen LogP contribution is 2.32. The van der Waals surface area contributed by atoms with Crippen molar-refractivity contribution in [2.45, 2.75) is 31.2 Å². The summed E-state index contributed by atoms with van der Waals surface area (Å²) in [5.41, 5.74) is 8.57. The zero-order valence-corrected chi connectivity index (χ0v) is 20.7. The van der Waals surface area contributed by atoms with Crippen molar-refractivity contribution in [3.63, 3.8) is 0 Å². The molecule has 3 aromatic heterocycles. The molecule has 0 saturated heterocycles. The van der Waals surface area contributed by atoms with Crippen LogP contribution in [0.25, 0.3) is 26.8 Å². The van der Waals surface area contributed by atoms with E-state index < -0.39 is 0 Å². The quantitative estimate of drug-likeness (QED) is 0.260. The summed E-state index contributed by atoms with van der Waals surface area (Å²) in [5.74, 6) is 2.12. The first-order valence-electron chi connectivity index (χ1n) is 10.8. The van der Waals surface area contributed by atoms with Crippen LogP contribution in [0.3, 0.4) is 0 Å². The largest absolute Gasteiger partial charge is 0.497 e. The lowest BCUT2D eigenvalue weighted by Gasteiger charge is -2.13. The fraction of sp³-hybridized carbons (Fsp3) is 0.200. The Morgan fingerprint density at radius 2 is 1.94 bits per heavy atom. The van der Waals surface area contributed by atoms with Crippen LogP contribution in [0.15, 0.2) is 58.5 Å². The summed E-state index contributed by atoms with van der Waals surface area (Å²) in [6, 6.07) is 15.1. The number of thioether (sulfide) groups is 1. The number of nitrogens with zero attached hydrogens (tertiary/aromatic N) is 4. The SMILES string of the molecule is CCc1sc2nc(SCc3nc(N)c4ccccc4n3)n(-c3cccc(OC)c3)c(=O)c2c1C. The second kappa shape index (κ2) is 9.08. The molecule has 172 valence electrons. The van der Waals surface area contributed by atoms with Crippen LogP contribution in [0.2, 0.25) is 0 Å². The van der Waals surface area contributed by atoms with Gasteiger partial charge in [-0.25, -0.2) is 15.0 Å². The molecule has 2 N–H and O–H groups in total. The van der Waals surface area contributed by atoms with Gasteiger partial charge < -0.3 is 10.5 Å². The number of aryl methyl sites for hydroxylation is 2. The average molecular weight is 490 g/mol. The van der Waals surface area contributed by atoms with Gasteiger partial charge in [0.05, 0.1) is 29.5 Å². The van der Waals surface area contributed by atoms with Gasteiger partial charge in [-0.05, 0) is 43.2 Å². The molecule has 0 aliphatic carbocycles. The minimum Gasteiger partial charge on any atom is -0.497 e. The van der Waals surface area contributed by atoms with Crippen LogP contribution in [0.5, 0.6) is 5.75 Å². The third kappa shape index (κ3) is 3.91. The van der Waals surface area contributed by atoms with E-state index in [0.717, 1.165) is 27.7 Å². The number of thiophene rings is 1. The van der Waals surface area contributed by atoms with Gasteiger partial charge in [-0.2, -0.15) is 0 Å². The second-order valence-corrected chi connectivity index (χ2v) is 9.78. The lowest BCUT2D eigenvalue weighted by atomic mass is 10.2. The summed E-state index contributed by atoms with van der Waals surface area (Å²) in [7, 11) is 1.61. The van der Waals surface area contributed by atoms with E-state index in [9.17, 15) is 4.79 Å². The van der Waals surface area contributed by atoms with Crippen LogP contribution in [0, 0.1) is 6.92 Å². The molecule has 7 nitrogen and oxygen atoms in total. The van der Waals surface area contributed by atoms with E-state index in [-0.39, 0.29) is 5.56 Å². The van der Waals surface area contributed by atoms with E-state index in [1.807, 2.05) is 55.5 Å². The fourth-order valence-electron chi connectivity index (χ4n) is 3.97. The lowest BCUT2D eigenvalue weighted by Crippen LogP contribution is -2.21. The van der Waals surface area contributed by atoms with Crippen molar-refractivity contribution in [3.8, 4) is 11.4 Å². The number of anilines is 1. The number of para-hydroxylation sites is 1. The first kappa shape index (κ1) is 22.4. The van der Waals surface area contributed by atoms with E-state index in [0.29, 0.717) is 39.4 Å². The summed E-state index contributed by atoms with van der Waals surface area (Å²) < 4.78 is 7.05. The first-order chi connectivity index (χ1) is 16.5. The topological polar surface area (TPSA) is 95.9 Å². The van der Waals surface area contributed by atoms with Crippen molar-refractivity contribution < 1.29 is 4.74 Å². The van der Waals surface area contributed by atoms with Crippen LogP contribution >= 0.6 is 23.1 Å². The fourth-order valence-corrected chi connectivity index (χ4v) is 5.99. The predicted octanol–water partition coefficient (Wildman–Crippen LogP) is 5.14. The molecule has 2 aromatic carbocycles. The molecule has 5 rings (SSSR count). The average Bonchev–Trinajstić information content (AvgIpc) is 3.18. The van der Waals surface area contributed by atoms with E-state index in [1.54, 1.807) is 23.0 Å². The molecule has 3 heterocycles. The van der Waals surface area contributed by atoms with Gasteiger partial charge in [-0.1, -0.05) is 36.9 Å². The minimum atomic E-state index is -0.0897. The Bertz CT molecular complexity index is 1590. The van der Waals surface area contributed by atoms with E-state index in [4.69, 9.17) is 15.5 Å². The maximum Gasteiger partial charge on any atom is 0.267 e. The van der Waals surface area contributed by atoms with Crippen molar-refractivity contribution in [3.05, 3.63) is 75.1 Å². The van der Waals surface area contributed by atoms with Gasteiger partial charge in [-0.15, -0.1) is 11.3 Å². The Hall–Kier alpha value is -3.43. The van der Waals surface area contributed by atoms with Gasteiger partial charge in [0.25, 0.3) is 5.56 Å². The van der Waals surface area contributed by atoms with Gasteiger partial charge >= 0.3 is 0 Å². The van der Waals surface area contributed by atoms with Gasteiger partial charge in [0.1, 0.15) is 22.2 Å². The zero-order valence-electron chi connectivity index (χ0n) is 19.0. The molecule has 0 saturated carbocycles. The summed E-state index contributed by atoms with van der Waals surface area (Å²) in [5, 5.41) is 2.07. The summed E-state index contributed by atoms with van der Waals surface area (Å²) in [6.45, 7) is 4.09. The molecule has 0 aliphatic rings. The Morgan fingerprint density at radius 1 is 1.12 bits per heavy atom. The third-order valence-corrected chi connectivity index (χ3v) is 7.94. The summed E-state index contributed by atoms with van der Waals surface area (Å²) >= 11 is 2.99. The van der Waals surface area contributed by atoms with Crippen molar-refractivity contribution in [1.82, 2.24) is 19.5 Å². The molecule has 34 heavy (non-hydrogen) atoms. The highest BCUT2D eigenvalue weighted by atomic mass is 32.2. The Labute approximate surface area is 204 Å². The molecule has 0 unspecified atom stereocenters. The number of nitrogen functional groups attached to an aromatic ring is 1. The smallest absolute Gasteiger partial charge is 0.267 e. The second-order valence-electron chi connectivity index (χ2n) is 7.75. The summed E-state index contributed by atoms with van der Waals surface area (Å²) in [6.07, 6.45) is 0.859. The molecular formula is C25H23N5O2S2. The molecule has 0 radical (unpaired) electrons. The molecule has 0 fully saturated rings.